The Hall–Kier alpha value is -0.573. The maximum atomic E-state index is 11.6. The van der Waals surface area contributed by atoms with E-state index < -0.39 is 8.07 Å². The summed E-state index contributed by atoms with van der Waals surface area (Å²) in [6.07, 6.45) is 5.88. The predicted octanol–water partition coefficient (Wildman–Crippen LogP) is 3.93. The van der Waals surface area contributed by atoms with Crippen LogP contribution >= 0.6 is 0 Å². The van der Waals surface area contributed by atoms with E-state index >= 15 is 0 Å². The van der Waals surface area contributed by atoms with Crippen molar-refractivity contribution in [3.63, 3.8) is 0 Å². The summed E-state index contributed by atoms with van der Waals surface area (Å²) in [5.41, 5.74) is 0. The molecule has 0 fully saturated rings. The molecule has 0 spiro atoms. The first-order chi connectivity index (χ1) is 7.39. The monoisotopic (exact) mass is 242 g/mol. The van der Waals surface area contributed by atoms with Crippen LogP contribution in [-0.4, -0.2) is 20.7 Å². The maximum absolute atomic E-state index is 11.6. The summed E-state index contributed by atoms with van der Waals surface area (Å²) >= 11 is 0. The van der Waals surface area contributed by atoms with Gasteiger partial charge in [-0.1, -0.05) is 58.8 Å². The molecule has 0 N–H and O–H groups in total. The largest absolute Gasteiger partial charge is 0.463 e. The second kappa shape index (κ2) is 7.66. The average Bonchev–Trinajstić information content (AvgIpc) is 2.20. The van der Waals surface area contributed by atoms with E-state index in [0.29, 0.717) is 11.8 Å². The van der Waals surface area contributed by atoms with E-state index in [1.165, 1.54) is 19.3 Å². The van der Waals surface area contributed by atoms with Crippen molar-refractivity contribution in [3.8, 4) is 0 Å². The van der Waals surface area contributed by atoms with Gasteiger partial charge in [-0.15, -0.1) is 0 Å². The quantitative estimate of drug-likeness (QED) is 0.279. The van der Waals surface area contributed by atoms with Crippen molar-refractivity contribution in [1.29, 1.82) is 0 Å². The number of carbonyl (C=O) groups is 1. The molecule has 0 aliphatic heterocycles. The Kier molecular flexibility index (Phi) is 7.39. The van der Waals surface area contributed by atoms with E-state index in [4.69, 9.17) is 4.74 Å². The number of hydrogen-bond donors (Lipinski definition) is 0. The fourth-order valence-corrected chi connectivity index (χ4v) is 1.95. The molecule has 0 saturated heterocycles. The molecule has 0 aliphatic carbocycles. The Morgan fingerprint density at radius 3 is 2.19 bits per heavy atom. The van der Waals surface area contributed by atoms with Crippen LogP contribution in [-0.2, 0) is 9.53 Å². The normalized spacial score (nSPS) is 11.2. The summed E-state index contributed by atoms with van der Waals surface area (Å²) in [6, 6.07) is 0. The molecule has 3 heteroatoms. The molecule has 0 aromatic heterocycles. The summed E-state index contributed by atoms with van der Waals surface area (Å²) in [6.45, 7) is 12.9. The van der Waals surface area contributed by atoms with Crippen molar-refractivity contribution >= 4 is 14.0 Å². The van der Waals surface area contributed by atoms with Gasteiger partial charge in [-0.25, -0.2) is 4.79 Å². The third kappa shape index (κ3) is 6.83. The lowest BCUT2D eigenvalue weighted by Crippen LogP contribution is -2.30. The van der Waals surface area contributed by atoms with Crippen LogP contribution in [0, 0.1) is 0 Å². The molecule has 0 bridgehead atoms. The first-order valence-corrected chi connectivity index (χ1v) is 9.76. The molecular formula is C13H26O2Si. The third-order valence-electron chi connectivity index (χ3n) is 2.63. The van der Waals surface area contributed by atoms with Gasteiger partial charge in [0.2, 0.25) is 0 Å². The van der Waals surface area contributed by atoms with Gasteiger partial charge >= 0.3 is 5.97 Å². The van der Waals surface area contributed by atoms with Gasteiger partial charge in [0.05, 0.1) is 14.7 Å². The van der Waals surface area contributed by atoms with Crippen LogP contribution in [0.25, 0.3) is 0 Å². The van der Waals surface area contributed by atoms with Gasteiger partial charge in [0.25, 0.3) is 0 Å². The minimum atomic E-state index is -1.57. The lowest BCUT2D eigenvalue weighted by Gasteiger charge is -2.17. The van der Waals surface area contributed by atoms with Crippen molar-refractivity contribution in [1.82, 2.24) is 0 Å². The smallest absolute Gasteiger partial charge is 0.329 e. The number of esters is 1. The van der Waals surface area contributed by atoms with Gasteiger partial charge in [-0.3, -0.25) is 0 Å². The Bertz CT molecular complexity index is 229. The second-order valence-corrected chi connectivity index (χ2v) is 10.4. The first kappa shape index (κ1) is 15.4. The van der Waals surface area contributed by atoms with Crippen molar-refractivity contribution in [3.05, 3.63) is 11.8 Å². The fraction of sp³-hybridized carbons (Fsp3) is 0.769. The Morgan fingerprint density at radius 1 is 1.12 bits per heavy atom. The van der Waals surface area contributed by atoms with Gasteiger partial charge in [0, 0.05) is 5.20 Å². The van der Waals surface area contributed by atoms with Crippen LogP contribution in [0.2, 0.25) is 19.6 Å². The van der Waals surface area contributed by atoms with E-state index in [1.807, 2.05) is 0 Å². The van der Waals surface area contributed by atoms with Crippen LogP contribution in [0.5, 0.6) is 0 Å². The minimum Gasteiger partial charge on any atom is -0.463 e. The zero-order valence-corrected chi connectivity index (χ0v) is 12.3. The number of unbranched alkanes of at least 4 members (excludes halogenated alkanes) is 4. The van der Waals surface area contributed by atoms with Crippen molar-refractivity contribution < 1.29 is 9.53 Å². The minimum absolute atomic E-state index is 0.186. The van der Waals surface area contributed by atoms with Crippen LogP contribution < -0.4 is 0 Å². The highest BCUT2D eigenvalue weighted by atomic mass is 28.3. The van der Waals surface area contributed by atoms with Crippen LogP contribution in [0.4, 0.5) is 0 Å². The van der Waals surface area contributed by atoms with E-state index in [1.54, 1.807) is 0 Å². The number of carbonyl (C=O) groups excluding carboxylic acids is 1. The van der Waals surface area contributed by atoms with Gasteiger partial charge in [-0.05, 0) is 6.42 Å². The highest BCUT2D eigenvalue weighted by Gasteiger charge is 2.24. The standard InChI is InChI=1S/C13H26O2Si/c1-6-7-8-9-10-11-15-13(14)12(2)16(3,4)5/h2,6-11H2,1,3-5H3. The molecule has 0 heterocycles. The van der Waals surface area contributed by atoms with Crippen LogP contribution in [0.1, 0.15) is 39.0 Å². The zero-order chi connectivity index (χ0) is 12.6. The predicted molar refractivity (Wildman–Crippen MR) is 72.2 cm³/mol. The topological polar surface area (TPSA) is 26.3 Å². The molecule has 94 valence electrons. The molecule has 0 radical (unpaired) electrons. The Labute approximate surface area is 101 Å². The van der Waals surface area contributed by atoms with Crippen molar-refractivity contribution in [2.24, 2.45) is 0 Å². The Balaban J connectivity index is 3.63. The highest BCUT2D eigenvalue weighted by Crippen LogP contribution is 2.14. The molecule has 0 atom stereocenters. The second-order valence-electron chi connectivity index (χ2n) is 5.28. The molecule has 0 rings (SSSR count). The maximum Gasteiger partial charge on any atom is 0.329 e. The number of ether oxygens (including phenoxy) is 1. The van der Waals surface area contributed by atoms with E-state index in [9.17, 15) is 4.79 Å². The SMILES string of the molecule is C=C(C(=O)OCCCCCCC)[Si](C)(C)C. The first-order valence-electron chi connectivity index (χ1n) is 6.26. The van der Waals surface area contributed by atoms with Gasteiger partial charge in [-0.2, -0.15) is 0 Å². The number of rotatable bonds is 8. The van der Waals surface area contributed by atoms with Crippen LogP contribution in [0.3, 0.4) is 0 Å². The van der Waals surface area contributed by atoms with Gasteiger partial charge in [0.1, 0.15) is 0 Å². The number of hydrogen-bond acceptors (Lipinski definition) is 2. The molecular weight excluding hydrogens is 216 g/mol. The Morgan fingerprint density at radius 2 is 1.69 bits per heavy atom. The molecule has 0 amide bonds. The molecule has 0 unspecified atom stereocenters. The van der Waals surface area contributed by atoms with E-state index in [-0.39, 0.29) is 5.97 Å². The molecule has 0 saturated carbocycles. The zero-order valence-electron chi connectivity index (χ0n) is 11.3. The molecule has 0 aliphatic rings. The molecule has 0 aromatic carbocycles. The fourth-order valence-electron chi connectivity index (χ4n) is 1.26. The molecule has 2 nitrogen and oxygen atoms in total. The van der Waals surface area contributed by atoms with Gasteiger partial charge in [0.15, 0.2) is 0 Å². The lowest BCUT2D eigenvalue weighted by molar-refractivity contribution is -0.138. The highest BCUT2D eigenvalue weighted by molar-refractivity contribution is 6.86. The lowest BCUT2D eigenvalue weighted by atomic mass is 10.2. The van der Waals surface area contributed by atoms with Gasteiger partial charge < -0.3 is 4.74 Å². The summed E-state index contributed by atoms with van der Waals surface area (Å²) < 4.78 is 5.21. The van der Waals surface area contributed by atoms with E-state index in [2.05, 4.69) is 33.1 Å². The third-order valence-corrected chi connectivity index (χ3v) is 4.65. The van der Waals surface area contributed by atoms with E-state index in [0.717, 1.165) is 12.8 Å². The molecule has 16 heavy (non-hydrogen) atoms. The summed E-state index contributed by atoms with van der Waals surface area (Å²) in [4.78, 5) is 11.6. The van der Waals surface area contributed by atoms with Crippen molar-refractivity contribution in [2.75, 3.05) is 6.61 Å². The average molecular weight is 242 g/mol. The summed E-state index contributed by atoms with van der Waals surface area (Å²) in [7, 11) is -1.57. The summed E-state index contributed by atoms with van der Waals surface area (Å²) in [5, 5.41) is 0.695. The molecule has 0 aromatic rings. The van der Waals surface area contributed by atoms with Crippen LogP contribution in [0.15, 0.2) is 11.8 Å². The summed E-state index contributed by atoms with van der Waals surface area (Å²) in [5.74, 6) is -0.186. The van der Waals surface area contributed by atoms with Crippen molar-refractivity contribution in [2.45, 2.75) is 58.7 Å².